The monoisotopic (exact) mass is 247 g/mol. The summed E-state index contributed by atoms with van der Waals surface area (Å²) in [5, 5.41) is 13.1. The molecule has 18 heavy (non-hydrogen) atoms. The molecule has 1 saturated carbocycles. The Morgan fingerprint density at radius 1 is 1.22 bits per heavy atom. The molecule has 0 atom stereocenters. The molecule has 0 spiro atoms. The van der Waals surface area contributed by atoms with Crippen molar-refractivity contribution in [3.8, 4) is 0 Å². The van der Waals surface area contributed by atoms with Crippen molar-refractivity contribution in [1.82, 2.24) is 5.32 Å². The molecule has 0 saturated heterocycles. The fourth-order valence-electron chi connectivity index (χ4n) is 2.97. The molecular formula is C16H25NO. The van der Waals surface area contributed by atoms with Crippen LogP contribution in [0.5, 0.6) is 0 Å². The highest BCUT2D eigenvalue weighted by atomic mass is 16.3. The Labute approximate surface area is 110 Å². The molecule has 1 fully saturated rings. The standard InChI is InChI=1S/C16H25NO/c1-13-5-6-14(2)15(9-13)10-17-11-16(12-18)7-3-4-8-16/h5-6,9,17-18H,3-4,7-8,10-12H2,1-2H3. The lowest BCUT2D eigenvalue weighted by atomic mass is 9.87. The third kappa shape index (κ3) is 3.12. The second kappa shape index (κ2) is 5.85. The number of nitrogens with one attached hydrogen (secondary N) is 1. The van der Waals surface area contributed by atoms with E-state index in [0.29, 0.717) is 6.61 Å². The van der Waals surface area contributed by atoms with Gasteiger partial charge in [0.05, 0.1) is 0 Å². The van der Waals surface area contributed by atoms with Crippen molar-refractivity contribution < 1.29 is 5.11 Å². The average Bonchev–Trinajstić information content (AvgIpc) is 2.83. The molecule has 1 aromatic rings. The van der Waals surface area contributed by atoms with Crippen molar-refractivity contribution in [2.75, 3.05) is 13.2 Å². The van der Waals surface area contributed by atoms with E-state index in [1.807, 2.05) is 0 Å². The lowest BCUT2D eigenvalue weighted by molar-refractivity contribution is 0.128. The molecule has 2 heteroatoms. The predicted molar refractivity (Wildman–Crippen MR) is 75.6 cm³/mol. The summed E-state index contributed by atoms with van der Waals surface area (Å²) >= 11 is 0. The minimum Gasteiger partial charge on any atom is -0.396 e. The van der Waals surface area contributed by atoms with Crippen LogP contribution in [0, 0.1) is 19.3 Å². The van der Waals surface area contributed by atoms with Crippen molar-refractivity contribution in [2.24, 2.45) is 5.41 Å². The Hall–Kier alpha value is -0.860. The van der Waals surface area contributed by atoms with Crippen molar-refractivity contribution in [2.45, 2.75) is 46.1 Å². The highest BCUT2D eigenvalue weighted by Gasteiger charge is 2.32. The van der Waals surface area contributed by atoms with E-state index in [2.05, 4.69) is 37.4 Å². The van der Waals surface area contributed by atoms with Crippen LogP contribution >= 0.6 is 0 Å². The Morgan fingerprint density at radius 3 is 2.61 bits per heavy atom. The molecule has 0 heterocycles. The van der Waals surface area contributed by atoms with Gasteiger partial charge >= 0.3 is 0 Å². The maximum atomic E-state index is 9.57. The fraction of sp³-hybridized carbons (Fsp3) is 0.625. The second-order valence-corrected chi connectivity index (χ2v) is 5.90. The first-order valence-corrected chi connectivity index (χ1v) is 7.03. The molecule has 2 nitrogen and oxygen atoms in total. The Morgan fingerprint density at radius 2 is 1.94 bits per heavy atom. The lowest BCUT2D eigenvalue weighted by Gasteiger charge is -2.27. The van der Waals surface area contributed by atoms with E-state index in [1.165, 1.54) is 42.4 Å². The van der Waals surface area contributed by atoms with E-state index in [0.717, 1.165) is 13.1 Å². The molecule has 0 radical (unpaired) electrons. The van der Waals surface area contributed by atoms with Crippen LogP contribution in [0.25, 0.3) is 0 Å². The van der Waals surface area contributed by atoms with Gasteiger partial charge in [-0.2, -0.15) is 0 Å². The molecule has 0 aromatic heterocycles. The van der Waals surface area contributed by atoms with Crippen LogP contribution in [0.2, 0.25) is 0 Å². The minimum absolute atomic E-state index is 0.151. The number of aliphatic hydroxyl groups is 1. The second-order valence-electron chi connectivity index (χ2n) is 5.90. The zero-order valence-electron chi connectivity index (χ0n) is 11.6. The van der Waals surface area contributed by atoms with E-state index in [1.54, 1.807) is 0 Å². The summed E-state index contributed by atoms with van der Waals surface area (Å²) in [6, 6.07) is 6.59. The number of aryl methyl sites for hydroxylation is 2. The molecule has 0 aliphatic heterocycles. The van der Waals surface area contributed by atoms with Crippen LogP contribution in [-0.2, 0) is 6.54 Å². The van der Waals surface area contributed by atoms with Gasteiger partial charge in [-0.05, 0) is 37.8 Å². The SMILES string of the molecule is Cc1ccc(C)c(CNCC2(CO)CCCC2)c1. The molecule has 0 unspecified atom stereocenters. The van der Waals surface area contributed by atoms with Crippen molar-refractivity contribution in [3.05, 3.63) is 34.9 Å². The fourth-order valence-corrected chi connectivity index (χ4v) is 2.97. The lowest BCUT2D eigenvalue weighted by Crippen LogP contribution is -2.34. The number of hydrogen-bond acceptors (Lipinski definition) is 2. The van der Waals surface area contributed by atoms with E-state index >= 15 is 0 Å². The summed E-state index contributed by atoms with van der Waals surface area (Å²) in [6.07, 6.45) is 4.88. The van der Waals surface area contributed by atoms with Gasteiger partial charge in [0.1, 0.15) is 0 Å². The molecule has 0 amide bonds. The van der Waals surface area contributed by atoms with Crippen LogP contribution in [0.3, 0.4) is 0 Å². The van der Waals surface area contributed by atoms with Crippen LogP contribution < -0.4 is 5.32 Å². The normalized spacial score (nSPS) is 18.2. The first-order chi connectivity index (χ1) is 8.65. The number of benzene rings is 1. The van der Waals surface area contributed by atoms with E-state index < -0.39 is 0 Å². The van der Waals surface area contributed by atoms with Gasteiger partial charge in [0, 0.05) is 25.1 Å². The first kappa shape index (κ1) is 13.6. The van der Waals surface area contributed by atoms with Gasteiger partial charge in [-0.25, -0.2) is 0 Å². The quantitative estimate of drug-likeness (QED) is 0.838. The number of aliphatic hydroxyl groups excluding tert-OH is 1. The van der Waals surface area contributed by atoms with Gasteiger partial charge < -0.3 is 10.4 Å². The van der Waals surface area contributed by atoms with Gasteiger partial charge in [0.25, 0.3) is 0 Å². The van der Waals surface area contributed by atoms with Crippen molar-refractivity contribution in [1.29, 1.82) is 0 Å². The highest BCUT2D eigenvalue weighted by molar-refractivity contribution is 5.30. The van der Waals surface area contributed by atoms with E-state index in [-0.39, 0.29) is 5.41 Å². The van der Waals surface area contributed by atoms with Crippen molar-refractivity contribution >= 4 is 0 Å². The highest BCUT2D eigenvalue weighted by Crippen LogP contribution is 2.36. The largest absolute Gasteiger partial charge is 0.396 e. The zero-order chi connectivity index (χ0) is 13.0. The average molecular weight is 247 g/mol. The Bertz CT molecular complexity index is 394. The summed E-state index contributed by atoms with van der Waals surface area (Å²) in [5.41, 5.74) is 4.19. The predicted octanol–water partition coefficient (Wildman–Crippen LogP) is 2.95. The van der Waals surface area contributed by atoms with Crippen LogP contribution in [0.4, 0.5) is 0 Å². The molecule has 100 valence electrons. The first-order valence-electron chi connectivity index (χ1n) is 7.03. The van der Waals surface area contributed by atoms with Crippen LogP contribution in [-0.4, -0.2) is 18.3 Å². The summed E-state index contributed by atoms with van der Waals surface area (Å²) in [5.74, 6) is 0. The Balaban J connectivity index is 1.89. The van der Waals surface area contributed by atoms with Gasteiger partial charge in [-0.1, -0.05) is 36.6 Å². The van der Waals surface area contributed by atoms with E-state index in [4.69, 9.17) is 0 Å². The molecule has 1 aromatic carbocycles. The van der Waals surface area contributed by atoms with Gasteiger partial charge in [0.15, 0.2) is 0 Å². The van der Waals surface area contributed by atoms with Crippen molar-refractivity contribution in [3.63, 3.8) is 0 Å². The molecule has 1 aliphatic carbocycles. The van der Waals surface area contributed by atoms with Gasteiger partial charge in [-0.3, -0.25) is 0 Å². The minimum atomic E-state index is 0.151. The maximum Gasteiger partial charge on any atom is 0.0499 e. The summed E-state index contributed by atoms with van der Waals surface area (Å²) in [4.78, 5) is 0. The number of rotatable bonds is 5. The topological polar surface area (TPSA) is 32.3 Å². The van der Waals surface area contributed by atoms with E-state index in [9.17, 15) is 5.11 Å². The van der Waals surface area contributed by atoms with Gasteiger partial charge in [-0.15, -0.1) is 0 Å². The number of hydrogen-bond donors (Lipinski definition) is 2. The van der Waals surface area contributed by atoms with Crippen LogP contribution in [0.15, 0.2) is 18.2 Å². The summed E-state index contributed by atoms with van der Waals surface area (Å²) in [6.45, 7) is 6.47. The zero-order valence-corrected chi connectivity index (χ0v) is 11.6. The molecule has 1 aliphatic rings. The molecule has 2 rings (SSSR count). The summed E-state index contributed by atoms with van der Waals surface area (Å²) < 4.78 is 0. The molecule has 2 N–H and O–H groups in total. The third-order valence-electron chi connectivity index (χ3n) is 4.32. The van der Waals surface area contributed by atoms with Crippen LogP contribution in [0.1, 0.15) is 42.4 Å². The summed E-state index contributed by atoms with van der Waals surface area (Å²) in [7, 11) is 0. The molecule has 0 bridgehead atoms. The smallest absolute Gasteiger partial charge is 0.0499 e. The molecular weight excluding hydrogens is 222 g/mol. The maximum absolute atomic E-state index is 9.57. The third-order valence-corrected chi connectivity index (χ3v) is 4.32. The Kier molecular flexibility index (Phi) is 4.41. The van der Waals surface area contributed by atoms with Gasteiger partial charge in [0.2, 0.25) is 0 Å².